The number of rotatable bonds is 15. The summed E-state index contributed by atoms with van der Waals surface area (Å²) in [5.74, 6) is -1.76. The summed E-state index contributed by atoms with van der Waals surface area (Å²) in [5, 5.41) is 0.945. The first-order valence-electron chi connectivity index (χ1n) is 15.0. The van der Waals surface area contributed by atoms with Gasteiger partial charge in [-0.2, -0.15) is 13.2 Å². The number of fused-ring (bicyclic) bond motifs is 1. The number of unbranched alkanes of at least 4 members (excludes halogenated alkanes) is 2. The van der Waals surface area contributed by atoms with Gasteiger partial charge in [-0.1, -0.05) is 25.8 Å². The lowest BCUT2D eigenvalue weighted by Crippen LogP contribution is -2.59. The van der Waals surface area contributed by atoms with Gasteiger partial charge >= 0.3 is 12.1 Å². The second-order valence-corrected chi connectivity index (χ2v) is 14.2. The van der Waals surface area contributed by atoms with Crippen LogP contribution in [-0.4, -0.2) is 43.5 Å². The van der Waals surface area contributed by atoms with Crippen molar-refractivity contribution in [3.8, 4) is 21.9 Å². The van der Waals surface area contributed by atoms with Gasteiger partial charge in [-0.3, -0.25) is 4.79 Å². The van der Waals surface area contributed by atoms with E-state index in [4.69, 9.17) is 25.7 Å². The van der Waals surface area contributed by atoms with Gasteiger partial charge in [0, 0.05) is 26.2 Å². The second-order valence-electron chi connectivity index (χ2n) is 13.2. The van der Waals surface area contributed by atoms with Gasteiger partial charge in [-0.05, 0) is 101 Å². The van der Waals surface area contributed by atoms with Crippen molar-refractivity contribution in [2.75, 3.05) is 20.3 Å². The molecule has 0 aliphatic carbocycles. The summed E-state index contributed by atoms with van der Waals surface area (Å²) in [7, 11) is 1.65. The summed E-state index contributed by atoms with van der Waals surface area (Å²) in [4.78, 5) is 13.9. The number of hydrogen-bond acceptors (Lipinski definition) is 7. The van der Waals surface area contributed by atoms with Crippen molar-refractivity contribution in [3.05, 3.63) is 48.0 Å². The molecule has 44 heavy (non-hydrogen) atoms. The summed E-state index contributed by atoms with van der Waals surface area (Å²) in [5.41, 5.74) is 11.6. The summed E-state index contributed by atoms with van der Waals surface area (Å²) in [6, 6.07) is 13.5. The highest BCUT2D eigenvalue weighted by Crippen LogP contribution is 2.41. The fourth-order valence-electron chi connectivity index (χ4n) is 5.10. The van der Waals surface area contributed by atoms with Gasteiger partial charge in [0.15, 0.2) is 0 Å². The highest BCUT2D eigenvalue weighted by atomic mass is 32.1. The Hall–Kier alpha value is -2.82. The SMILES string of the molecule is CCCCCc1ccc(-c2cc3ccc(OCC(COC(=O)C(C)(C)C(C)(N)CC(C)(C)N)C(F)(F)F)cc3s2)c(OC)c1. The molecule has 0 aliphatic rings. The molecule has 0 amide bonds. The molecule has 0 fully saturated rings. The van der Waals surface area contributed by atoms with E-state index in [2.05, 4.69) is 25.1 Å². The summed E-state index contributed by atoms with van der Waals surface area (Å²) < 4.78 is 59.2. The molecule has 0 radical (unpaired) electrons. The van der Waals surface area contributed by atoms with Crippen molar-refractivity contribution in [2.45, 2.75) is 90.9 Å². The molecule has 0 aliphatic heterocycles. The van der Waals surface area contributed by atoms with Crippen LogP contribution in [0.4, 0.5) is 13.2 Å². The zero-order valence-corrected chi connectivity index (χ0v) is 27.7. The molecule has 6 nitrogen and oxygen atoms in total. The number of carbonyl (C=O) groups is 1. The van der Waals surface area contributed by atoms with Gasteiger partial charge in [0.2, 0.25) is 0 Å². The Kier molecular flexibility index (Phi) is 11.4. The van der Waals surface area contributed by atoms with Crippen molar-refractivity contribution in [2.24, 2.45) is 22.8 Å². The van der Waals surface area contributed by atoms with E-state index in [1.54, 1.807) is 53.9 Å². The van der Waals surface area contributed by atoms with Crippen LogP contribution in [-0.2, 0) is 16.0 Å². The maximum absolute atomic E-state index is 13.9. The molecule has 4 N–H and O–H groups in total. The molecule has 2 aromatic carbocycles. The number of aryl methyl sites for hydroxylation is 1. The minimum absolute atomic E-state index is 0.262. The minimum Gasteiger partial charge on any atom is -0.496 e. The van der Waals surface area contributed by atoms with Gasteiger partial charge in [0.05, 0.1) is 12.5 Å². The molecule has 1 heterocycles. The van der Waals surface area contributed by atoms with Gasteiger partial charge in [0.1, 0.15) is 30.6 Å². The Bertz CT molecular complexity index is 1410. The largest absolute Gasteiger partial charge is 0.496 e. The Morgan fingerprint density at radius 2 is 1.66 bits per heavy atom. The van der Waals surface area contributed by atoms with Crippen molar-refractivity contribution >= 4 is 27.4 Å². The molecular formula is C34H47F3N2O4S. The van der Waals surface area contributed by atoms with E-state index in [-0.39, 0.29) is 6.42 Å². The average molecular weight is 637 g/mol. The Labute approximate surface area is 263 Å². The summed E-state index contributed by atoms with van der Waals surface area (Å²) >= 11 is 1.51. The maximum Gasteiger partial charge on any atom is 0.398 e. The molecule has 3 rings (SSSR count). The lowest BCUT2D eigenvalue weighted by atomic mass is 9.68. The number of benzene rings is 2. The van der Waals surface area contributed by atoms with Crippen molar-refractivity contribution < 1.29 is 32.2 Å². The number of halogens is 3. The molecule has 0 saturated carbocycles. The van der Waals surface area contributed by atoms with E-state index in [1.807, 2.05) is 12.1 Å². The van der Waals surface area contributed by atoms with Crippen molar-refractivity contribution in [1.29, 1.82) is 0 Å². The number of hydrogen-bond donors (Lipinski definition) is 2. The van der Waals surface area contributed by atoms with E-state index in [0.717, 1.165) is 45.5 Å². The monoisotopic (exact) mass is 636 g/mol. The average Bonchev–Trinajstić information content (AvgIpc) is 3.34. The van der Waals surface area contributed by atoms with Gasteiger partial charge in [0.25, 0.3) is 0 Å². The lowest BCUT2D eigenvalue weighted by Gasteiger charge is -2.42. The van der Waals surface area contributed by atoms with Gasteiger partial charge < -0.3 is 25.7 Å². The molecule has 0 spiro atoms. The highest BCUT2D eigenvalue weighted by molar-refractivity contribution is 7.22. The first-order valence-corrected chi connectivity index (χ1v) is 15.8. The van der Waals surface area contributed by atoms with Crippen molar-refractivity contribution in [1.82, 2.24) is 0 Å². The Morgan fingerprint density at radius 1 is 0.955 bits per heavy atom. The van der Waals surface area contributed by atoms with E-state index < -0.39 is 47.8 Å². The maximum atomic E-state index is 13.9. The molecule has 2 atom stereocenters. The molecular weight excluding hydrogens is 589 g/mol. The van der Waals surface area contributed by atoms with E-state index in [9.17, 15) is 18.0 Å². The van der Waals surface area contributed by atoms with Crippen LogP contribution in [0.5, 0.6) is 11.5 Å². The van der Waals surface area contributed by atoms with Crippen LogP contribution in [0, 0.1) is 11.3 Å². The third-order valence-corrected chi connectivity index (χ3v) is 9.31. The Morgan fingerprint density at radius 3 is 2.27 bits per heavy atom. The molecule has 2 unspecified atom stereocenters. The van der Waals surface area contributed by atoms with Crippen LogP contribution in [0.25, 0.3) is 20.5 Å². The van der Waals surface area contributed by atoms with E-state index >= 15 is 0 Å². The van der Waals surface area contributed by atoms with Crippen LogP contribution >= 0.6 is 11.3 Å². The number of thiophene rings is 1. The first kappa shape index (κ1) is 35.7. The van der Waals surface area contributed by atoms with Crippen LogP contribution in [0.2, 0.25) is 0 Å². The summed E-state index contributed by atoms with van der Waals surface area (Å²) in [6.45, 7) is 8.90. The molecule has 3 aromatic rings. The topological polar surface area (TPSA) is 96.8 Å². The molecule has 0 saturated heterocycles. The molecule has 10 heteroatoms. The van der Waals surface area contributed by atoms with Gasteiger partial charge in [-0.25, -0.2) is 0 Å². The van der Waals surface area contributed by atoms with E-state index in [0.29, 0.717) is 5.75 Å². The molecule has 244 valence electrons. The first-order chi connectivity index (χ1) is 20.4. The fraction of sp³-hybridized carbons (Fsp3) is 0.559. The number of ether oxygens (including phenoxy) is 3. The van der Waals surface area contributed by atoms with Crippen molar-refractivity contribution in [3.63, 3.8) is 0 Å². The number of carbonyl (C=O) groups excluding carboxylic acids is 1. The second kappa shape index (κ2) is 14.1. The van der Waals surface area contributed by atoms with Gasteiger partial charge in [-0.15, -0.1) is 11.3 Å². The fourth-order valence-corrected chi connectivity index (χ4v) is 6.22. The number of esters is 1. The quantitative estimate of drug-likeness (QED) is 0.129. The third-order valence-electron chi connectivity index (χ3n) is 8.18. The molecule has 0 bridgehead atoms. The normalized spacial score (nSPS) is 14.7. The summed E-state index contributed by atoms with van der Waals surface area (Å²) in [6.07, 6.45) is 0.0772. The third kappa shape index (κ3) is 9.11. The number of methoxy groups -OCH3 is 1. The minimum atomic E-state index is -4.64. The van der Waals surface area contributed by atoms with Crippen LogP contribution in [0.3, 0.4) is 0 Å². The highest BCUT2D eigenvalue weighted by Gasteiger charge is 2.48. The van der Waals surface area contributed by atoms with Crippen LogP contribution in [0.15, 0.2) is 42.5 Å². The number of alkyl halides is 3. The standard InChI is InChI=1S/C34H47F3N2O4S/c1-8-9-10-11-22-12-15-26(27(16-22)41-7)29-17-23-13-14-25(18-28(23)44-29)42-19-24(34(35,36)37)20-43-30(40)32(4,5)33(6,39)21-31(2,3)38/h12-18,24H,8-11,19-21,38-39H2,1-7H3. The smallest absolute Gasteiger partial charge is 0.398 e. The van der Waals surface area contributed by atoms with Crippen LogP contribution in [0.1, 0.15) is 72.8 Å². The van der Waals surface area contributed by atoms with E-state index in [1.165, 1.54) is 23.3 Å². The lowest BCUT2D eigenvalue weighted by molar-refractivity contribution is -0.200. The molecule has 1 aromatic heterocycles. The zero-order valence-electron chi connectivity index (χ0n) is 26.9. The zero-order chi connectivity index (χ0) is 32.9. The van der Waals surface area contributed by atoms with Crippen LogP contribution < -0.4 is 20.9 Å². The predicted octanol–water partition coefficient (Wildman–Crippen LogP) is 8.28. The predicted molar refractivity (Wildman–Crippen MR) is 172 cm³/mol. The Balaban J connectivity index is 1.71. The number of nitrogens with two attached hydrogens (primary N) is 2.